The number of aromatic carboxylic acids is 1. The Balaban J connectivity index is 2.87. The summed E-state index contributed by atoms with van der Waals surface area (Å²) in [4.78, 5) is 14.3. The molecule has 5 N–H and O–H groups in total. The first-order valence-electron chi connectivity index (χ1n) is 3.80. The van der Waals surface area contributed by atoms with E-state index in [-0.39, 0.29) is 11.6 Å². The standard InChI is InChI=1S/C8H11N3O2/c9-3-6(10)7-2-1-5(4-11-7)8(12)13/h1-2,4,6H,3,9-10H2,(H,12,13)/t6-/m1/s1. The number of pyridine rings is 1. The summed E-state index contributed by atoms with van der Waals surface area (Å²) in [6.45, 7) is 0.291. The summed E-state index contributed by atoms with van der Waals surface area (Å²) in [5, 5.41) is 8.58. The predicted octanol–water partition coefficient (Wildman–Crippen LogP) is -0.262. The van der Waals surface area contributed by atoms with Crippen molar-refractivity contribution in [1.82, 2.24) is 4.98 Å². The first-order chi connectivity index (χ1) is 6.15. The lowest BCUT2D eigenvalue weighted by atomic mass is 10.2. The summed E-state index contributed by atoms with van der Waals surface area (Å²) < 4.78 is 0. The maximum absolute atomic E-state index is 10.5. The number of aromatic nitrogens is 1. The average molecular weight is 181 g/mol. The van der Waals surface area contributed by atoms with Crippen LogP contribution in [0.4, 0.5) is 0 Å². The molecule has 1 heterocycles. The highest BCUT2D eigenvalue weighted by molar-refractivity contribution is 5.87. The number of hydrogen-bond acceptors (Lipinski definition) is 4. The highest BCUT2D eigenvalue weighted by Gasteiger charge is 2.07. The Morgan fingerprint density at radius 3 is 2.69 bits per heavy atom. The molecular formula is C8H11N3O2. The molecule has 13 heavy (non-hydrogen) atoms. The van der Waals surface area contributed by atoms with Crippen molar-refractivity contribution in [3.05, 3.63) is 29.6 Å². The third-order valence-corrected chi connectivity index (χ3v) is 1.67. The van der Waals surface area contributed by atoms with E-state index < -0.39 is 5.97 Å². The summed E-state index contributed by atoms with van der Waals surface area (Å²) in [5.74, 6) is -1.000. The van der Waals surface area contributed by atoms with E-state index >= 15 is 0 Å². The minimum atomic E-state index is -1.000. The van der Waals surface area contributed by atoms with Crippen molar-refractivity contribution in [1.29, 1.82) is 0 Å². The van der Waals surface area contributed by atoms with E-state index in [1.165, 1.54) is 12.3 Å². The third-order valence-electron chi connectivity index (χ3n) is 1.67. The fourth-order valence-corrected chi connectivity index (χ4v) is 0.872. The molecule has 0 spiro atoms. The fourth-order valence-electron chi connectivity index (χ4n) is 0.872. The zero-order valence-electron chi connectivity index (χ0n) is 6.97. The van der Waals surface area contributed by atoms with Gasteiger partial charge in [0.25, 0.3) is 0 Å². The van der Waals surface area contributed by atoms with E-state index in [0.29, 0.717) is 12.2 Å². The number of rotatable bonds is 3. The van der Waals surface area contributed by atoms with Crippen molar-refractivity contribution in [3.8, 4) is 0 Å². The molecule has 0 saturated heterocycles. The zero-order chi connectivity index (χ0) is 9.84. The van der Waals surface area contributed by atoms with Gasteiger partial charge in [-0.15, -0.1) is 0 Å². The van der Waals surface area contributed by atoms with Crippen LogP contribution in [0.3, 0.4) is 0 Å². The topological polar surface area (TPSA) is 102 Å². The van der Waals surface area contributed by atoms with Gasteiger partial charge in [0.15, 0.2) is 0 Å². The Bertz CT molecular complexity index is 297. The summed E-state index contributed by atoms with van der Waals surface area (Å²) >= 11 is 0. The molecule has 0 unspecified atom stereocenters. The van der Waals surface area contributed by atoms with Gasteiger partial charge in [-0.3, -0.25) is 4.98 Å². The van der Waals surface area contributed by atoms with Crippen molar-refractivity contribution in [2.45, 2.75) is 6.04 Å². The second-order valence-corrected chi connectivity index (χ2v) is 2.62. The molecule has 0 radical (unpaired) electrons. The van der Waals surface area contributed by atoms with E-state index in [2.05, 4.69) is 4.98 Å². The lowest BCUT2D eigenvalue weighted by Gasteiger charge is -2.06. The molecule has 5 nitrogen and oxygen atoms in total. The molecule has 1 atom stereocenters. The predicted molar refractivity (Wildman–Crippen MR) is 47.2 cm³/mol. The minimum Gasteiger partial charge on any atom is -0.478 e. The monoisotopic (exact) mass is 181 g/mol. The van der Waals surface area contributed by atoms with Crippen LogP contribution in [0.15, 0.2) is 18.3 Å². The smallest absolute Gasteiger partial charge is 0.337 e. The van der Waals surface area contributed by atoms with E-state index in [0.717, 1.165) is 0 Å². The van der Waals surface area contributed by atoms with Crippen molar-refractivity contribution in [2.75, 3.05) is 6.54 Å². The lowest BCUT2D eigenvalue weighted by molar-refractivity contribution is 0.0696. The highest BCUT2D eigenvalue weighted by atomic mass is 16.4. The van der Waals surface area contributed by atoms with Crippen LogP contribution in [-0.4, -0.2) is 22.6 Å². The molecule has 5 heteroatoms. The van der Waals surface area contributed by atoms with Gasteiger partial charge in [0, 0.05) is 12.7 Å². The molecule has 1 aromatic heterocycles. The molecule has 1 aromatic rings. The first kappa shape index (κ1) is 9.63. The van der Waals surface area contributed by atoms with Gasteiger partial charge in [-0.2, -0.15) is 0 Å². The molecule has 0 aliphatic heterocycles. The van der Waals surface area contributed by atoms with Crippen LogP contribution in [0, 0.1) is 0 Å². The van der Waals surface area contributed by atoms with Crippen molar-refractivity contribution in [2.24, 2.45) is 11.5 Å². The Morgan fingerprint density at radius 1 is 1.62 bits per heavy atom. The van der Waals surface area contributed by atoms with E-state index in [1.807, 2.05) is 0 Å². The van der Waals surface area contributed by atoms with Crippen LogP contribution in [0.1, 0.15) is 22.1 Å². The second-order valence-electron chi connectivity index (χ2n) is 2.62. The van der Waals surface area contributed by atoms with Crippen LogP contribution in [0.25, 0.3) is 0 Å². The molecule has 0 fully saturated rings. The van der Waals surface area contributed by atoms with Gasteiger partial charge >= 0.3 is 5.97 Å². The number of carboxylic acids is 1. The molecule has 0 aliphatic rings. The van der Waals surface area contributed by atoms with Gasteiger partial charge in [0.05, 0.1) is 17.3 Å². The van der Waals surface area contributed by atoms with Gasteiger partial charge in [-0.1, -0.05) is 0 Å². The maximum atomic E-state index is 10.5. The fraction of sp³-hybridized carbons (Fsp3) is 0.250. The van der Waals surface area contributed by atoms with E-state index in [1.54, 1.807) is 6.07 Å². The van der Waals surface area contributed by atoms with Crippen molar-refractivity contribution in [3.63, 3.8) is 0 Å². The molecule has 0 aliphatic carbocycles. The quantitative estimate of drug-likeness (QED) is 0.596. The van der Waals surface area contributed by atoms with Gasteiger partial charge in [-0.05, 0) is 12.1 Å². The van der Waals surface area contributed by atoms with Gasteiger partial charge in [0.2, 0.25) is 0 Å². The number of nitrogens with two attached hydrogens (primary N) is 2. The SMILES string of the molecule is NC[C@@H](N)c1ccc(C(=O)O)cn1. The van der Waals surface area contributed by atoms with Crippen molar-refractivity contribution >= 4 is 5.97 Å². The lowest BCUT2D eigenvalue weighted by Crippen LogP contribution is -2.21. The zero-order valence-corrected chi connectivity index (χ0v) is 6.97. The number of hydrogen-bond donors (Lipinski definition) is 3. The minimum absolute atomic E-state index is 0.146. The number of nitrogens with zero attached hydrogens (tertiary/aromatic N) is 1. The summed E-state index contributed by atoms with van der Waals surface area (Å²) in [7, 11) is 0. The molecule has 0 bridgehead atoms. The molecular weight excluding hydrogens is 170 g/mol. The summed E-state index contributed by atoms with van der Waals surface area (Å²) in [6.07, 6.45) is 1.27. The van der Waals surface area contributed by atoms with E-state index in [4.69, 9.17) is 16.6 Å². The number of carboxylic acid groups (broad SMARTS) is 1. The second kappa shape index (κ2) is 3.97. The number of carbonyl (C=O) groups is 1. The van der Waals surface area contributed by atoms with Crippen LogP contribution < -0.4 is 11.5 Å². The van der Waals surface area contributed by atoms with Crippen LogP contribution >= 0.6 is 0 Å². The van der Waals surface area contributed by atoms with Crippen LogP contribution in [0.2, 0.25) is 0 Å². The summed E-state index contributed by atoms with van der Waals surface area (Å²) in [6, 6.07) is 2.70. The third kappa shape index (κ3) is 2.24. The Morgan fingerprint density at radius 2 is 2.31 bits per heavy atom. The largest absolute Gasteiger partial charge is 0.478 e. The van der Waals surface area contributed by atoms with Gasteiger partial charge in [-0.25, -0.2) is 4.79 Å². The van der Waals surface area contributed by atoms with E-state index in [9.17, 15) is 4.79 Å². The average Bonchev–Trinajstić information content (AvgIpc) is 2.17. The van der Waals surface area contributed by atoms with Crippen LogP contribution in [0.5, 0.6) is 0 Å². The summed E-state index contributed by atoms with van der Waals surface area (Å²) in [5.41, 5.74) is 11.7. The van der Waals surface area contributed by atoms with Crippen molar-refractivity contribution < 1.29 is 9.90 Å². The normalized spacial score (nSPS) is 12.5. The van der Waals surface area contributed by atoms with Gasteiger partial charge in [0.1, 0.15) is 0 Å². The first-order valence-corrected chi connectivity index (χ1v) is 3.80. The molecule has 0 aromatic carbocycles. The highest BCUT2D eigenvalue weighted by Crippen LogP contribution is 2.06. The Labute approximate surface area is 75.4 Å². The maximum Gasteiger partial charge on any atom is 0.337 e. The molecule has 0 saturated carbocycles. The Hall–Kier alpha value is -1.46. The van der Waals surface area contributed by atoms with Crippen LogP contribution in [-0.2, 0) is 0 Å². The molecule has 70 valence electrons. The molecule has 1 rings (SSSR count). The Kier molecular flexibility index (Phi) is 2.94. The van der Waals surface area contributed by atoms with Gasteiger partial charge < -0.3 is 16.6 Å². The molecule has 0 amide bonds.